The number of thiazole rings is 1. The smallest absolute Gasteiger partial charge is 0.240 e. The number of benzene rings is 1. The van der Waals surface area contributed by atoms with Gasteiger partial charge in [-0.3, -0.25) is 4.79 Å². The van der Waals surface area contributed by atoms with Crippen molar-refractivity contribution in [2.75, 3.05) is 18.4 Å². The minimum atomic E-state index is -0.130. The molecule has 0 saturated carbocycles. The first-order chi connectivity index (χ1) is 11.7. The maximum absolute atomic E-state index is 11.9. The van der Waals surface area contributed by atoms with E-state index in [1.54, 1.807) is 6.07 Å². The number of carbonyl (C=O) groups excluding carboxylic acids is 1. The van der Waals surface area contributed by atoms with E-state index in [-0.39, 0.29) is 17.9 Å². The molecule has 2 N–H and O–H groups in total. The van der Waals surface area contributed by atoms with Crippen LogP contribution in [0.15, 0.2) is 18.2 Å². The Morgan fingerprint density at radius 3 is 2.60 bits per heavy atom. The van der Waals surface area contributed by atoms with E-state index < -0.39 is 0 Å². The molecule has 1 amide bonds. The summed E-state index contributed by atoms with van der Waals surface area (Å²) >= 11 is 13.8. The fourth-order valence-electron chi connectivity index (χ4n) is 2.35. The van der Waals surface area contributed by atoms with Gasteiger partial charge in [-0.25, -0.2) is 4.98 Å². The molecule has 136 valence electrons. The van der Waals surface area contributed by atoms with Crippen LogP contribution < -0.4 is 10.6 Å². The Balaban J connectivity index is 2.28. The van der Waals surface area contributed by atoms with Crippen molar-refractivity contribution in [1.29, 1.82) is 0 Å². The first kappa shape index (κ1) is 20.2. The van der Waals surface area contributed by atoms with Gasteiger partial charge in [0.1, 0.15) is 0 Å². The highest BCUT2D eigenvalue weighted by Gasteiger charge is 2.24. The average Bonchev–Trinajstić information content (AvgIpc) is 2.90. The third-order valence-corrected chi connectivity index (χ3v) is 5.11. The zero-order chi connectivity index (χ0) is 18.6. The fraction of sp³-hybridized carbons (Fsp3) is 0.444. The average molecular weight is 400 g/mol. The van der Waals surface area contributed by atoms with E-state index in [4.69, 9.17) is 23.2 Å². The third kappa shape index (κ3) is 5.68. The van der Waals surface area contributed by atoms with Gasteiger partial charge in [0, 0.05) is 26.8 Å². The van der Waals surface area contributed by atoms with Crippen LogP contribution in [0, 0.1) is 0 Å². The van der Waals surface area contributed by atoms with E-state index in [1.807, 2.05) is 19.1 Å². The number of halogens is 2. The molecule has 1 aromatic carbocycles. The summed E-state index contributed by atoms with van der Waals surface area (Å²) in [5.41, 5.74) is 1.84. The predicted octanol–water partition coefficient (Wildman–Crippen LogP) is 4.89. The van der Waals surface area contributed by atoms with E-state index in [1.165, 1.54) is 11.3 Å². The van der Waals surface area contributed by atoms with E-state index in [0.717, 1.165) is 22.7 Å². The molecule has 0 bridgehead atoms. The van der Waals surface area contributed by atoms with E-state index >= 15 is 0 Å². The molecule has 25 heavy (non-hydrogen) atoms. The quantitative estimate of drug-likeness (QED) is 0.726. The second-order valence-electron chi connectivity index (χ2n) is 6.78. The molecule has 4 nitrogen and oxygen atoms in total. The summed E-state index contributed by atoms with van der Waals surface area (Å²) in [6, 6.07) is 5.51. The molecule has 0 aliphatic carbocycles. The van der Waals surface area contributed by atoms with E-state index in [0.29, 0.717) is 21.6 Å². The highest BCUT2D eigenvalue weighted by atomic mass is 35.5. The monoisotopic (exact) mass is 399 g/mol. The number of anilines is 1. The summed E-state index contributed by atoms with van der Waals surface area (Å²) < 4.78 is 0. The first-order valence-electron chi connectivity index (χ1n) is 8.15. The van der Waals surface area contributed by atoms with E-state index in [2.05, 4.69) is 36.4 Å². The van der Waals surface area contributed by atoms with Crippen LogP contribution in [0.25, 0.3) is 0 Å². The van der Waals surface area contributed by atoms with Crippen molar-refractivity contribution in [3.8, 4) is 0 Å². The third-order valence-electron chi connectivity index (χ3n) is 3.56. The normalized spacial score (nSPS) is 11.6. The number of nitrogens with zero attached hydrogens (tertiary/aromatic N) is 1. The van der Waals surface area contributed by atoms with Gasteiger partial charge in [0.05, 0.1) is 12.2 Å². The lowest BCUT2D eigenvalue weighted by atomic mass is 9.90. The Morgan fingerprint density at radius 2 is 2.00 bits per heavy atom. The van der Waals surface area contributed by atoms with Crippen molar-refractivity contribution in [2.24, 2.45) is 0 Å². The van der Waals surface area contributed by atoms with Crippen molar-refractivity contribution in [1.82, 2.24) is 10.3 Å². The van der Waals surface area contributed by atoms with Gasteiger partial charge in [0.2, 0.25) is 5.91 Å². The highest BCUT2D eigenvalue weighted by molar-refractivity contribution is 7.15. The van der Waals surface area contributed by atoms with Crippen molar-refractivity contribution in [2.45, 2.75) is 39.5 Å². The SMILES string of the molecule is CCNCC(=O)Nc1nc(C(C)(C)C)c(Cc2ccc(Cl)cc2Cl)s1. The topological polar surface area (TPSA) is 54.0 Å². The van der Waals surface area contributed by atoms with Gasteiger partial charge >= 0.3 is 0 Å². The lowest BCUT2D eigenvalue weighted by molar-refractivity contribution is -0.115. The molecule has 2 aromatic rings. The number of carbonyl (C=O) groups is 1. The number of nitrogens with one attached hydrogen (secondary N) is 2. The Morgan fingerprint density at radius 1 is 1.28 bits per heavy atom. The van der Waals surface area contributed by atoms with Crippen LogP contribution in [0.5, 0.6) is 0 Å². The van der Waals surface area contributed by atoms with Crippen molar-refractivity contribution >= 4 is 45.6 Å². The maximum atomic E-state index is 11.9. The molecular formula is C18H23Cl2N3OS. The van der Waals surface area contributed by atoms with Gasteiger partial charge in [-0.2, -0.15) is 0 Å². The van der Waals surface area contributed by atoms with Crippen molar-refractivity contribution in [3.05, 3.63) is 44.4 Å². The van der Waals surface area contributed by atoms with Crippen molar-refractivity contribution < 1.29 is 4.79 Å². The van der Waals surface area contributed by atoms with Gasteiger partial charge in [-0.1, -0.05) is 57.0 Å². The molecule has 0 atom stereocenters. The first-order valence-corrected chi connectivity index (χ1v) is 9.72. The minimum Gasteiger partial charge on any atom is -0.309 e. The summed E-state index contributed by atoms with van der Waals surface area (Å²) in [6.07, 6.45) is 0.656. The van der Waals surface area contributed by atoms with Crippen LogP contribution in [0.3, 0.4) is 0 Å². The summed E-state index contributed by atoms with van der Waals surface area (Å²) in [6.45, 7) is 9.32. The number of aromatic nitrogens is 1. The molecule has 2 rings (SSSR count). The molecule has 0 saturated heterocycles. The Hall–Kier alpha value is -1.14. The Labute approximate surface area is 163 Å². The second kappa shape index (κ2) is 8.49. The summed E-state index contributed by atoms with van der Waals surface area (Å²) in [4.78, 5) is 17.7. The second-order valence-corrected chi connectivity index (χ2v) is 8.71. The highest BCUT2D eigenvalue weighted by Crippen LogP contribution is 2.35. The number of likely N-dealkylation sites (N-methyl/N-ethyl adjacent to an activating group) is 1. The lowest BCUT2D eigenvalue weighted by Crippen LogP contribution is -2.27. The Kier molecular flexibility index (Phi) is 6.86. The standard InChI is InChI=1S/C18H23Cl2N3OS/c1-5-21-10-15(24)22-17-23-16(18(2,3)4)14(25-17)8-11-6-7-12(19)9-13(11)20/h6-7,9,21H,5,8,10H2,1-4H3,(H,22,23,24). The maximum Gasteiger partial charge on any atom is 0.240 e. The molecular weight excluding hydrogens is 377 g/mol. The summed E-state index contributed by atoms with van der Waals surface area (Å²) in [5.74, 6) is -0.0906. The number of rotatable bonds is 6. The van der Waals surface area contributed by atoms with Gasteiger partial charge < -0.3 is 10.6 Å². The van der Waals surface area contributed by atoms with Crippen LogP contribution in [0.4, 0.5) is 5.13 Å². The summed E-state index contributed by atoms with van der Waals surface area (Å²) in [7, 11) is 0. The van der Waals surface area contributed by atoms with Crippen LogP contribution in [-0.2, 0) is 16.6 Å². The number of hydrogen-bond donors (Lipinski definition) is 2. The summed E-state index contributed by atoms with van der Waals surface area (Å²) in [5, 5.41) is 7.75. The van der Waals surface area contributed by atoms with E-state index in [9.17, 15) is 4.79 Å². The lowest BCUT2D eigenvalue weighted by Gasteiger charge is -2.17. The van der Waals surface area contributed by atoms with Crippen LogP contribution >= 0.6 is 34.5 Å². The molecule has 1 heterocycles. The molecule has 0 aliphatic rings. The van der Waals surface area contributed by atoms with Crippen LogP contribution in [-0.4, -0.2) is 24.0 Å². The largest absolute Gasteiger partial charge is 0.309 e. The van der Waals surface area contributed by atoms with Gasteiger partial charge in [-0.15, -0.1) is 11.3 Å². The van der Waals surface area contributed by atoms with Gasteiger partial charge in [0.15, 0.2) is 5.13 Å². The number of amides is 1. The Bertz CT molecular complexity index is 753. The molecule has 0 spiro atoms. The van der Waals surface area contributed by atoms with Gasteiger partial charge in [0.25, 0.3) is 0 Å². The molecule has 0 unspecified atom stereocenters. The van der Waals surface area contributed by atoms with Gasteiger partial charge in [-0.05, 0) is 24.2 Å². The van der Waals surface area contributed by atoms with Crippen LogP contribution in [0.1, 0.15) is 43.8 Å². The zero-order valence-corrected chi connectivity index (χ0v) is 17.2. The molecule has 1 aromatic heterocycles. The molecule has 0 aliphatic heterocycles. The minimum absolute atomic E-state index is 0.0906. The van der Waals surface area contributed by atoms with Crippen LogP contribution in [0.2, 0.25) is 10.0 Å². The molecule has 0 fully saturated rings. The predicted molar refractivity (Wildman–Crippen MR) is 107 cm³/mol. The molecule has 0 radical (unpaired) electrons. The van der Waals surface area contributed by atoms with Crippen molar-refractivity contribution in [3.63, 3.8) is 0 Å². The zero-order valence-electron chi connectivity index (χ0n) is 14.9. The number of hydrogen-bond acceptors (Lipinski definition) is 4. The molecule has 7 heteroatoms. The fourth-order valence-corrected chi connectivity index (χ4v) is 4.04.